The number of carbonyl (C=O) groups excluding carboxylic acids is 1. The molecular weight excluding hydrogens is 216 g/mol. The summed E-state index contributed by atoms with van der Waals surface area (Å²) in [5.41, 5.74) is 6.78. The first kappa shape index (κ1) is 11.3. The van der Waals surface area contributed by atoms with Crippen LogP contribution >= 0.6 is 0 Å². The molecular formula is C12H14N4O. The molecule has 0 saturated heterocycles. The van der Waals surface area contributed by atoms with Crippen LogP contribution in [0.15, 0.2) is 36.7 Å². The fourth-order valence-electron chi connectivity index (χ4n) is 1.48. The molecule has 0 spiro atoms. The molecule has 0 bridgehead atoms. The van der Waals surface area contributed by atoms with Gasteiger partial charge in [0.1, 0.15) is 11.5 Å². The SMILES string of the molecule is CN(C(=O)c1ccc(CN)cn1)c1ccc[nH]1. The third-order valence-corrected chi connectivity index (χ3v) is 2.53. The van der Waals surface area contributed by atoms with Gasteiger partial charge in [-0.15, -0.1) is 0 Å². The summed E-state index contributed by atoms with van der Waals surface area (Å²) in [4.78, 5) is 20.6. The molecule has 0 aromatic carbocycles. The lowest BCUT2D eigenvalue weighted by Crippen LogP contribution is -2.27. The quantitative estimate of drug-likeness (QED) is 0.830. The number of hydrogen-bond donors (Lipinski definition) is 2. The van der Waals surface area contributed by atoms with Crippen molar-refractivity contribution in [2.45, 2.75) is 6.54 Å². The minimum atomic E-state index is -0.156. The van der Waals surface area contributed by atoms with Gasteiger partial charge in [0.15, 0.2) is 0 Å². The Labute approximate surface area is 99.3 Å². The van der Waals surface area contributed by atoms with E-state index in [0.717, 1.165) is 11.4 Å². The van der Waals surface area contributed by atoms with E-state index in [2.05, 4.69) is 9.97 Å². The number of nitrogens with two attached hydrogens (primary N) is 1. The first-order chi connectivity index (χ1) is 8.22. The van der Waals surface area contributed by atoms with E-state index >= 15 is 0 Å². The topological polar surface area (TPSA) is 75.0 Å². The molecule has 0 radical (unpaired) electrons. The van der Waals surface area contributed by atoms with Gasteiger partial charge in [-0.25, -0.2) is 0 Å². The van der Waals surface area contributed by atoms with E-state index in [0.29, 0.717) is 12.2 Å². The molecule has 0 fully saturated rings. The zero-order chi connectivity index (χ0) is 12.3. The van der Waals surface area contributed by atoms with E-state index in [1.165, 1.54) is 4.90 Å². The molecule has 0 unspecified atom stereocenters. The van der Waals surface area contributed by atoms with Crippen LogP contribution in [0.2, 0.25) is 0 Å². The zero-order valence-electron chi connectivity index (χ0n) is 9.55. The van der Waals surface area contributed by atoms with Crippen LogP contribution in [0.4, 0.5) is 5.82 Å². The average Bonchev–Trinajstić information content (AvgIpc) is 2.91. The summed E-state index contributed by atoms with van der Waals surface area (Å²) in [6.07, 6.45) is 3.39. The van der Waals surface area contributed by atoms with Crippen LogP contribution in [0.25, 0.3) is 0 Å². The highest BCUT2D eigenvalue weighted by Crippen LogP contribution is 2.11. The molecule has 3 N–H and O–H groups in total. The number of nitrogens with zero attached hydrogens (tertiary/aromatic N) is 2. The lowest BCUT2D eigenvalue weighted by Gasteiger charge is -2.14. The fourth-order valence-corrected chi connectivity index (χ4v) is 1.48. The molecule has 5 heteroatoms. The molecule has 5 nitrogen and oxygen atoms in total. The number of rotatable bonds is 3. The highest BCUT2D eigenvalue weighted by atomic mass is 16.2. The predicted molar refractivity (Wildman–Crippen MR) is 65.7 cm³/mol. The standard InChI is InChI=1S/C12H14N4O/c1-16(11-3-2-6-14-11)12(17)10-5-4-9(7-13)8-15-10/h2-6,8,14H,7,13H2,1H3. The smallest absolute Gasteiger partial charge is 0.277 e. The number of H-pyrrole nitrogens is 1. The number of carbonyl (C=O) groups is 1. The maximum absolute atomic E-state index is 12.1. The van der Waals surface area contributed by atoms with Gasteiger partial charge in [0.25, 0.3) is 5.91 Å². The van der Waals surface area contributed by atoms with Gasteiger partial charge in [-0.1, -0.05) is 6.07 Å². The van der Waals surface area contributed by atoms with Crippen LogP contribution in [0.1, 0.15) is 16.1 Å². The molecule has 2 aromatic rings. The normalized spacial score (nSPS) is 10.2. The van der Waals surface area contributed by atoms with Crippen LogP contribution in [-0.4, -0.2) is 22.9 Å². The molecule has 2 heterocycles. The molecule has 0 aliphatic rings. The van der Waals surface area contributed by atoms with Gasteiger partial charge in [-0.05, 0) is 23.8 Å². The number of hydrogen-bond acceptors (Lipinski definition) is 3. The molecule has 2 aromatic heterocycles. The third kappa shape index (κ3) is 2.34. The minimum Gasteiger partial charge on any atom is -0.348 e. The van der Waals surface area contributed by atoms with Gasteiger partial charge in [-0.2, -0.15) is 0 Å². The van der Waals surface area contributed by atoms with Gasteiger partial charge in [0.05, 0.1) is 0 Å². The van der Waals surface area contributed by atoms with Crippen LogP contribution in [0.3, 0.4) is 0 Å². The summed E-state index contributed by atoms with van der Waals surface area (Å²) in [6.45, 7) is 0.425. The van der Waals surface area contributed by atoms with Crippen LogP contribution in [0, 0.1) is 0 Å². The number of pyridine rings is 1. The van der Waals surface area contributed by atoms with E-state index in [9.17, 15) is 4.79 Å². The highest BCUT2D eigenvalue weighted by molar-refractivity contribution is 6.03. The first-order valence-corrected chi connectivity index (χ1v) is 5.29. The Morgan fingerprint density at radius 2 is 2.29 bits per heavy atom. The van der Waals surface area contributed by atoms with Crippen molar-refractivity contribution < 1.29 is 4.79 Å². The van der Waals surface area contributed by atoms with Crippen LogP contribution in [-0.2, 0) is 6.54 Å². The van der Waals surface area contributed by atoms with Gasteiger partial charge in [-0.3, -0.25) is 14.7 Å². The molecule has 0 aliphatic carbocycles. The Balaban J connectivity index is 2.19. The fraction of sp³-hybridized carbons (Fsp3) is 0.167. The number of aromatic amines is 1. The second-order valence-electron chi connectivity index (χ2n) is 3.68. The van der Waals surface area contributed by atoms with E-state index in [1.807, 2.05) is 18.2 Å². The van der Waals surface area contributed by atoms with Crippen molar-refractivity contribution in [2.75, 3.05) is 11.9 Å². The molecule has 1 amide bonds. The van der Waals surface area contributed by atoms with Crippen molar-refractivity contribution in [1.82, 2.24) is 9.97 Å². The number of anilines is 1. The molecule has 0 aliphatic heterocycles. The van der Waals surface area contributed by atoms with E-state index in [1.54, 1.807) is 25.5 Å². The van der Waals surface area contributed by atoms with Gasteiger partial charge < -0.3 is 10.7 Å². The molecule has 88 valence electrons. The Bertz CT molecular complexity index is 490. The Morgan fingerprint density at radius 3 is 2.82 bits per heavy atom. The third-order valence-electron chi connectivity index (χ3n) is 2.53. The summed E-state index contributed by atoms with van der Waals surface area (Å²) >= 11 is 0. The monoisotopic (exact) mass is 230 g/mol. The second kappa shape index (κ2) is 4.80. The van der Waals surface area contributed by atoms with Crippen molar-refractivity contribution in [3.05, 3.63) is 47.9 Å². The Hall–Kier alpha value is -2.14. The van der Waals surface area contributed by atoms with Gasteiger partial charge >= 0.3 is 0 Å². The Kier molecular flexibility index (Phi) is 3.20. The summed E-state index contributed by atoms with van der Waals surface area (Å²) in [7, 11) is 1.70. The number of aromatic nitrogens is 2. The zero-order valence-corrected chi connectivity index (χ0v) is 9.55. The van der Waals surface area contributed by atoms with Crippen molar-refractivity contribution >= 4 is 11.7 Å². The lowest BCUT2D eigenvalue weighted by molar-refractivity contribution is 0.0987. The maximum atomic E-state index is 12.1. The highest BCUT2D eigenvalue weighted by Gasteiger charge is 2.14. The van der Waals surface area contributed by atoms with Crippen molar-refractivity contribution in [1.29, 1.82) is 0 Å². The van der Waals surface area contributed by atoms with Crippen LogP contribution < -0.4 is 10.6 Å². The summed E-state index contributed by atoms with van der Waals surface area (Å²) < 4.78 is 0. The van der Waals surface area contributed by atoms with E-state index < -0.39 is 0 Å². The van der Waals surface area contributed by atoms with Crippen LogP contribution in [0.5, 0.6) is 0 Å². The average molecular weight is 230 g/mol. The molecule has 0 saturated carbocycles. The summed E-state index contributed by atoms with van der Waals surface area (Å²) in [5.74, 6) is 0.579. The maximum Gasteiger partial charge on any atom is 0.277 e. The van der Waals surface area contributed by atoms with Gasteiger partial charge in [0, 0.05) is 26.0 Å². The van der Waals surface area contributed by atoms with E-state index in [-0.39, 0.29) is 5.91 Å². The molecule has 2 rings (SSSR count). The largest absolute Gasteiger partial charge is 0.348 e. The summed E-state index contributed by atoms with van der Waals surface area (Å²) in [5, 5.41) is 0. The molecule has 0 atom stereocenters. The van der Waals surface area contributed by atoms with E-state index in [4.69, 9.17) is 5.73 Å². The first-order valence-electron chi connectivity index (χ1n) is 5.29. The van der Waals surface area contributed by atoms with Crippen molar-refractivity contribution in [2.24, 2.45) is 5.73 Å². The summed E-state index contributed by atoms with van der Waals surface area (Å²) in [6, 6.07) is 7.16. The predicted octanol–water partition coefficient (Wildman–Crippen LogP) is 1.15. The number of amides is 1. The van der Waals surface area contributed by atoms with Crippen molar-refractivity contribution in [3.63, 3.8) is 0 Å². The Morgan fingerprint density at radius 1 is 1.47 bits per heavy atom. The number of nitrogens with one attached hydrogen (secondary N) is 1. The van der Waals surface area contributed by atoms with Gasteiger partial charge in [0.2, 0.25) is 0 Å². The second-order valence-corrected chi connectivity index (χ2v) is 3.68. The molecule has 17 heavy (non-hydrogen) atoms. The lowest BCUT2D eigenvalue weighted by atomic mass is 10.2. The van der Waals surface area contributed by atoms with Crippen molar-refractivity contribution in [3.8, 4) is 0 Å². The minimum absolute atomic E-state index is 0.156.